The van der Waals surface area contributed by atoms with Crippen LogP contribution in [-0.2, 0) is 4.79 Å². The lowest BCUT2D eigenvalue weighted by molar-refractivity contribution is -0.137. The maximum Gasteiger partial charge on any atom is 0.265 e. The number of carbonyl (C=O) groups excluding carboxylic acids is 2. The Balaban J connectivity index is 2.07. The Morgan fingerprint density at radius 3 is 2.85 bits per heavy atom. The minimum atomic E-state index is -0.789. The molecule has 1 saturated heterocycles. The van der Waals surface area contributed by atoms with Gasteiger partial charge in [0.15, 0.2) is 0 Å². The Hall–Kier alpha value is -1.87. The van der Waals surface area contributed by atoms with Gasteiger partial charge in [0.05, 0.1) is 17.4 Å². The van der Waals surface area contributed by atoms with Gasteiger partial charge in [-0.15, -0.1) is 11.3 Å². The van der Waals surface area contributed by atoms with E-state index in [0.717, 1.165) is 5.56 Å². The quantitative estimate of drug-likeness (QED) is 0.858. The SMILES string of the molecule is Cc1ccsc1C(=O)N1CCC1(C)C(=O)NCCC#N. The summed E-state index contributed by atoms with van der Waals surface area (Å²) in [5.41, 5.74) is 0.155. The first-order chi connectivity index (χ1) is 9.50. The first kappa shape index (κ1) is 14.5. The second-order valence-electron chi connectivity index (χ2n) is 5.08. The minimum Gasteiger partial charge on any atom is -0.353 e. The van der Waals surface area contributed by atoms with Crippen LogP contribution in [0.3, 0.4) is 0 Å². The summed E-state index contributed by atoms with van der Waals surface area (Å²) in [5.74, 6) is -0.261. The van der Waals surface area contributed by atoms with Crippen LogP contribution in [0.5, 0.6) is 0 Å². The van der Waals surface area contributed by atoms with E-state index in [9.17, 15) is 9.59 Å². The molecule has 1 unspecified atom stereocenters. The van der Waals surface area contributed by atoms with E-state index in [0.29, 0.717) is 24.4 Å². The molecule has 20 heavy (non-hydrogen) atoms. The number of nitrogens with zero attached hydrogens (tertiary/aromatic N) is 2. The third kappa shape index (κ3) is 2.41. The van der Waals surface area contributed by atoms with Crippen LogP contribution in [0, 0.1) is 18.3 Å². The van der Waals surface area contributed by atoms with Gasteiger partial charge in [-0.2, -0.15) is 5.26 Å². The van der Waals surface area contributed by atoms with Gasteiger partial charge in [0.2, 0.25) is 5.91 Å². The summed E-state index contributed by atoms with van der Waals surface area (Å²) in [6.45, 7) is 4.59. The highest BCUT2D eigenvalue weighted by Gasteiger charge is 2.49. The highest BCUT2D eigenvalue weighted by Crippen LogP contribution is 2.33. The minimum absolute atomic E-state index is 0.0818. The smallest absolute Gasteiger partial charge is 0.265 e. The number of hydrogen-bond acceptors (Lipinski definition) is 4. The molecule has 0 radical (unpaired) electrons. The third-order valence-corrected chi connectivity index (χ3v) is 4.74. The number of hydrogen-bond donors (Lipinski definition) is 1. The Kier molecular flexibility index (Phi) is 4.09. The standard InChI is InChI=1S/C14H17N3O2S/c1-10-4-9-20-11(10)12(18)17-8-5-14(17,2)13(19)16-7-3-6-15/h4,9H,3,5,7-8H2,1-2H3,(H,16,19). The number of nitrogens with one attached hydrogen (secondary N) is 1. The summed E-state index contributed by atoms with van der Waals surface area (Å²) in [4.78, 5) is 27.0. The number of carbonyl (C=O) groups is 2. The predicted molar refractivity (Wildman–Crippen MR) is 76.4 cm³/mol. The van der Waals surface area contributed by atoms with Gasteiger partial charge in [-0.25, -0.2) is 0 Å². The fraction of sp³-hybridized carbons (Fsp3) is 0.500. The molecule has 1 aromatic heterocycles. The molecular formula is C14H17N3O2S. The maximum atomic E-state index is 12.5. The molecule has 1 N–H and O–H groups in total. The summed E-state index contributed by atoms with van der Waals surface area (Å²) in [7, 11) is 0. The largest absolute Gasteiger partial charge is 0.353 e. The summed E-state index contributed by atoms with van der Waals surface area (Å²) in [6.07, 6.45) is 0.932. The van der Waals surface area contributed by atoms with Gasteiger partial charge in [0, 0.05) is 13.1 Å². The maximum absolute atomic E-state index is 12.5. The van der Waals surface area contributed by atoms with E-state index >= 15 is 0 Å². The molecule has 0 aromatic carbocycles. The van der Waals surface area contributed by atoms with Crippen LogP contribution in [0.15, 0.2) is 11.4 Å². The van der Waals surface area contributed by atoms with E-state index in [1.54, 1.807) is 11.8 Å². The molecule has 2 rings (SSSR count). The topological polar surface area (TPSA) is 73.2 Å². The molecular weight excluding hydrogens is 274 g/mol. The molecule has 1 atom stereocenters. The van der Waals surface area contributed by atoms with Crippen molar-refractivity contribution in [3.05, 3.63) is 21.9 Å². The average molecular weight is 291 g/mol. The number of nitriles is 1. The van der Waals surface area contributed by atoms with Gasteiger partial charge in [-0.3, -0.25) is 9.59 Å². The predicted octanol–water partition coefficient (Wildman–Crippen LogP) is 1.69. The molecule has 2 heterocycles. The number of thiophene rings is 1. The zero-order valence-corrected chi connectivity index (χ0v) is 12.4. The Bertz CT molecular complexity index is 575. The van der Waals surface area contributed by atoms with E-state index in [-0.39, 0.29) is 18.2 Å². The molecule has 1 aliphatic rings. The van der Waals surface area contributed by atoms with Crippen molar-refractivity contribution < 1.29 is 9.59 Å². The number of likely N-dealkylation sites (tertiary alicyclic amines) is 1. The van der Waals surface area contributed by atoms with E-state index in [1.165, 1.54) is 11.3 Å². The molecule has 1 fully saturated rings. The summed E-state index contributed by atoms with van der Waals surface area (Å²) >= 11 is 1.40. The van der Waals surface area contributed by atoms with Crippen molar-refractivity contribution in [2.75, 3.05) is 13.1 Å². The molecule has 0 spiro atoms. The third-order valence-electron chi connectivity index (χ3n) is 3.73. The molecule has 106 valence electrons. The van der Waals surface area contributed by atoms with Crippen LogP contribution < -0.4 is 5.32 Å². The van der Waals surface area contributed by atoms with Crippen LogP contribution in [-0.4, -0.2) is 35.3 Å². The van der Waals surface area contributed by atoms with E-state index in [2.05, 4.69) is 5.32 Å². The van der Waals surface area contributed by atoms with Crippen molar-refractivity contribution in [2.45, 2.75) is 32.2 Å². The average Bonchev–Trinajstić information content (AvgIpc) is 2.83. The van der Waals surface area contributed by atoms with Gasteiger partial charge < -0.3 is 10.2 Å². The summed E-state index contributed by atoms with van der Waals surface area (Å²) < 4.78 is 0. The van der Waals surface area contributed by atoms with Crippen LogP contribution >= 0.6 is 11.3 Å². The molecule has 1 aliphatic heterocycles. The van der Waals surface area contributed by atoms with Gasteiger partial charge in [0.1, 0.15) is 5.54 Å². The van der Waals surface area contributed by atoms with Gasteiger partial charge in [-0.05, 0) is 37.3 Å². The van der Waals surface area contributed by atoms with E-state index < -0.39 is 5.54 Å². The second-order valence-corrected chi connectivity index (χ2v) is 5.99. The fourth-order valence-corrected chi connectivity index (χ4v) is 3.13. The van der Waals surface area contributed by atoms with Crippen molar-refractivity contribution in [3.8, 4) is 6.07 Å². The van der Waals surface area contributed by atoms with Crippen molar-refractivity contribution in [2.24, 2.45) is 0 Å². The Morgan fingerprint density at radius 2 is 2.35 bits per heavy atom. The molecule has 0 bridgehead atoms. The zero-order valence-electron chi connectivity index (χ0n) is 11.6. The van der Waals surface area contributed by atoms with Crippen LogP contribution in [0.2, 0.25) is 0 Å². The summed E-state index contributed by atoms with van der Waals surface area (Å²) in [6, 6.07) is 3.89. The van der Waals surface area contributed by atoms with Gasteiger partial charge in [0.25, 0.3) is 5.91 Å². The first-order valence-electron chi connectivity index (χ1n) is 6.52. The highest BCUT2D eigenvalue weighted by atomic mass is 32.1. The lowest BCUT2D eigenvalue weighted by atomic mass is 9.85. The van der Waals surface area contributed by atoms with E-state index in [1.807, 2.05) is 24.4 Å². The van der Waals surface area contributed by atoms with Crippen LogP contribution in [0.4, 0.5) is 0 Å². The molecule has 1 aromatic rings. The number of rotatable bonds is 4. The van der Waals surface area contributed by atoms with Crippen molar-refractivity contribution >= 4 is 23.2 Å². The fourth-order valence-electron chi connectivity index (χ4n) is 2.26. The van der Waals surface area contributed by atoms with E-state index in [4.69, 9.17) is 5.26 Å². The molecule has 6 heteroatoms. The second kappa shape index (κ2) is 5.63. The number of amides is 2. The molecule has 5 nitrogen and oxygen atoms in total. The van der Waals surface area contributed by atoms with Crippen molar-refractivity contribution in [3.63, 3.8) is 0 Å². The monoisotopic (exact) mass is 291 g/mol. The highest BCUT2D eigenvalue weighted by molar-refractivity contribution is 7.12. The summed E-state index contributed by atoms with van der Waals surface area (Å²) in [5, 5.41) is 13.1. The lowest BCUT2D eigenvalue weighted by Gasteiger charge is -2.48. The van der Waals surface area contributed by atoms with Gasteiger partial charge >= 0.3 is 0 Å². The van der Waals surface area contributed by atoms with Gasteiger partial charge in [-0.1, -0.05) is 0 Å². The van der Waals surface area contributed by atoms with Crippen LogP contribution in [0.25, 0.3) is 0 Å². The zero-order chi connectivity index (χ0) is 14.8. The Morgan fingerprint density at radius 1 is 1.60 bits per heavy atom. The molecule has 0 saturated carbocycles. The normalized spacial score (nSPS) is 20.9. The van der Waals surface area contributed by atoms with Crippen molar-refractivity contribution in [1.29, 1.82) is 5.26 Å². The van der Waals surface area contributed by atoms with Crippen LogP contribution in [0.1, 0.15) is 35.0 Å². The lowest BCUT2D eigenvalue weighted by Crippen LogP contribution is -2.67. The first-order valence-corrected chi connectivity index (χ1v) is 7.40. The molecule has 0 aliphatic carbocycles. The number of aryl methyl sites for hydroxylation is 1. The molecule has 2 amide bonds. The van der Waals surface area contributed by atoms with Crippen molar-refractivity contribution in [1.82, 2.24) is 10.2 Å². The Labute approximate surface area is 122 Å².